The molecular weight excluding hydrogens is 278 g/mol. The summed E-state index contributed by atoms with van der Waals surface area (Å²) in [5, 5.41) is 18.5. The van der Waals surface area contributed by atoms with E-state index in [-0.39, 0.29) is 22.4 Å². The molecule has 1 aliphatic heterocycles. The Bertz CT molecular complexity index is 701. The lowest BCUT2D eigenvalue weighted by Gasteiger charge is -2.26. The Morgan fingerprint density at radius 3 is 1.86 bits per heavy atom. The van der Waals surface area contributed by atoms with Gasteiger partial charge in [-0.25, -0.2) is 19.2 Å². The van der Waals surface area contributed by atoms with Crippen LogP contribution in [0.15, 0.2) is 29.8 Å². The molecule has 21 heavy (non-hydrogen) atoms. The normalized spacial score (nSPS) is 21.3. The van der Waals surface area contributed by atoms with Crippen molar-refractivity contribution in [2.75, 3.05) is 7.05 Å². The number of carboxylic acid groups (broad SMARTS) is 2. The van der Waals surface area contributed by atoms with E-state index in [1.807, 2.05) is 0 Å². The molecule has 1 aromatic carbocycles. The third kappa shape index (κ3) is 1.95. The number of benzene rings is 1. The largest absolute Gasteiger partial charge is 0.477 e. The van der Waals surface area contributed by atoms with E-state index in [0.717, 1.165) is 6.08 Å². The van der Waals surface area contributed by atoms with E-state index in [2.05, 4.69) is 0 Å². The van der Waals surface area contributed by atoms with Crippen molar-refractivity contribution in [3.8, 4) is 0 Å². The number of carbonyl (C=O) groups excluding carboxylic acids is 2. The van der Waals surface area contributed by atoms with Crippen molar-refractivity contribution in [3.05, 3.63) is 41.0 Å². The maximum Gasteiger partial charge on any atom is 0.354 e. The first-order valence-corrected chi connectivity index (χ1v) is 5.95. The molecule has 1 aromatic rings. The quantitative estimate of drug-likeness (QED) is 0.635. The van der Waals surface area contributed by atoms with E-state index in [4.69, 9.17) is 0 Å². The summed E-state index contributed by atoms with van der Waals surface area (Å²) in [7, 11) is 1.20. The first-order chi connectivity index (χ1) is 9.71. The Labute approximate surface area is 119 Å². The minimum Gasteiger partial charge on any atom is -0.477 e. The topological polar surface area (TPSA) is 109 Å². The summed E-state index contributed by atoms with van der Waals surface area (Å²) in [6.07, 6.45) is 1.09. The van der Waals surface area contributed by atoms with Crippen molar-refractivity contribution in [2.45, 2.75) is 6.92 Å². The minimum absolute atomic E-state index is 0.152. The Balaban J connectivity index is 2.86. The van der Waals surface area contributed by atoms with Gasteiger partial charge in [0.1, 0.15) is 11.1 Å². The number of imide groups is 1. The number of likely N-dealkylation sites (N-methyl/N-ethyl adjacent to an activating group) is 1. The standard InChI is InChI=1S/C14H11NO6/c1-7-6-10(16)15(2,12(7)17)11-8(13(18)19)4-3-5-9(11)14(20)21/h3-6H,1-2H3,(H-,18,19,20,21)/p+1. The van der Waals surface area contributed by atoms with Gasteiger partial charge in [-0.15, -0.1) is 0 Å². The van der Waals surface area contributed by atoms with Crippen molar-refractivity contribution in [1.82, 2.24) is 4.48 Å². The summed E-state index contributed by atoms with van der Waals surface area (Å²) >= 11 is 0. The van der Waals surface area contributed by atoms with Crippen LogP contribution in [0.3, 0.4) is 0 Å². The van der Waals surface area contributed by atoms with Gasteiger partial charge in [0, 0.05) is 0 Å². The summed E-state index contributed by atoms with van der Waals surface area (Å²) in [6.45, 7) is 1.42. The van der Waals surface area contributed by atoms with Gasteiger partial charge >= 0.3 is 23.8 Å². The third-order valence-electron chi connectivity index (χ3n) is 3.47. The molecule has 0 fully saturated rings. The smallest absolute Gasteiger partial charge is 0.354 e. The average Bonchev–Trinajstić information content (AvgIpc) is 2.62. The van der Waals surface area contributed by atoms with Crippen LogP contribution < -0.4 is 4.48 Å². The molecule has 2 rings (SSSR count). The second-order valence-corrected chi connectivity index (χ2v) is 4.79. The number of hydrogen-bond acceptors (Lipinski definition) is 4. The number of quaternary nitrogens is 1. The first kappa shape index (κ1) is 14.6. The van der Waals surface area contributed by atoms with E-state index in [1.54, 1.807) is 0 Å². The van der Waals surface area contributed by atoms with Crippen LogP contribution in [0.1, 0.15) is 27.6 Å². The van der Waals surface area contributed by atoms with E-state index >= 15 is 0 Å². The first-order valence-electron chi connectivity index (χ1n) is 5.95. The zero-order valence-corrected chi connectivity index (χ0v) is 11.3. The van der Waals surface area contributed by atoms with Crippen LogP contribution in [-0.4, -0.2) is 41.0 Å². The zero-order chi connectivity index (χ0) is 15.9. The highest BCUT2D eigenvalue weighted by molar-refractivity contribution is 6.27. The number of para-hydroxylation sites is 1. The molecular formula is C14H12NO6+. The predicted octanol–water partition coefficient (Wildman–Crippen LogP) is 1.03. The van der Waals surface area contributed by atoms with Gasteiger partial charge in [-0.1, -0.05) is 6.07 Å². The highest BCUT2D eigenvalue weighted by Crippen LogP contribution is 2.35. The molecule has 1 atom stereocenters. The number of hydrogen-bond donors (Lipinski definition) is 2. The van der Waals surface area contributed by atoms with Crippen LogP contribution in [0, 0.1) is 0 Å². The number of aromatic carboxylic acids is 2. The summed E-state index contributed by atoms with van der Waals surface area (Å²) in [4.78, 5) is 47.1. The van der Waals surface area contributed by atoms with Crippen molar-refractivity contribution in [3.63, 3.8) is 0 Å². The third-order valence-corrected chi connectivity index (χ3v) is 3.47. The second kappa shape index (κ2) is 4.64. The lowest BCUT2D eigenvalue weighted by Crippen LogP contribution is -2.52. The maximum absolute atomic E-state index is 12.3. The van der Waals surface area contributed by atoms with E-state index in [0.29, 0.717) is 0 Å². The molecule has 1 aliphatic rings. The molecule has 7 nitrogen and oxygen atoms in total. The predicted molar refractivity (Wildman–Crippen MR) is 71.8 cm³/mol. The maximum atomic E-state index is 12.3. The molecule has 0 bridgehead atoms. The molecule has 2 amide bonds. The summed E-state index contributed by atoms with van der Waals surface area (Å²) in [5.41, 5.74) is -0.955. The molecule has 0 saturated carbocycles. The molecule has 0 saturated heterocycles. The van der Waals surface area contributed by atoms with Crippen molar-refractivity contribution in [2.24, 2.45) is 0 Å². The molecule has 1 heterocycles. The van der Waals surface area contributed by atoms with Gasteiger partial charge in [0.05, 0.1) is 18.7 Å². The van der Waals surface area contributed by atoms with Crippen molar-refractivity contribution in [1.29, 1.82) is 0 Å². The number of carboxylic acids is 2. The Kier molecular flexibility index (Phi) is 3.23. The van der Waals surface area contributed by atoms with Gasteiger partial charge in [0.15, 0.2) is 5.69 Å². The Morgan fingerprint density at radius 2 is 1.52 bits per heavy atom. The van der Waals surface area contributed by atoms with Crippen LogP contribution >= 0.6 is 0 Å². The molecule has 2 N–H and O–H groups in total. The van der Waals surface area contributed by atoms with Crippen LogP contribution in [0.4, 0.5) is 5.69 Å². The SMILES string of the molecule is CC1=CC(=O)[N+](C)(c2c(C(=O)O)cccc2C(=O)O)C1=O. The van der Waals surface area contributed by atoms with Crippen molar-refractivity contribution < 1.29 is 29.4 Å². The van der Waals surface area contributed by atoms with Crippen LogP contribution in [0.2, 0.25) is 0 Å². The molecule has 0 aliphatic carbocycles. The van der Waals surface area contributed by atoms with Gasteiger partial charge < -0.3 is 10.2 Å². The van der Waals surface area contributed by atoms with Gasteiger partial charge in [-0.2, -0.15) is 4.48 Å². The van der Waals surface area contributed by atoms with Crippen LogP contribution in [0.25, 0.3) is 0 Å². The van der Waals surface area contributed by atoms with Crippen LogP contribution in [0.5, 0.6) is 0 Å². The molecule has 0 radical (unpaired) electrons. The highest BCUT2D eigenvalue weighted by atomic mass is 16.4. The van der Waals surface area contributed by atoms with Gasteiger partial charge in [0.2, 0.25) is 0 Å². The lowest BCUT2D eigenvalue weighted by atomic mass is 10.0. The summed E-state index contributed by atoms with van der Waals surface area (Å²) in [5.74, 6) is -4.12. The lowest BCUT2D eigenvalue weighted by molar-refractivity contribution is -0.134. The monoisotopic (exact) mass is 290 g/mol. The van der Waals surface area contributed by atoms with E-state index in [9.17, 15) is 29.4 Å². The number of nitrogens with zero attached hydrogens (tertiary/aromatic N) is 1. The average molecular weight is 290 g/mol. The van der Waals surface area contributed by atoms with Gasteiger partial charge in [0.25, 0.3) is 0 Å². The minimum atomic E-state index is -1.40. The molecule has 0 spiro atoms. The van der Waals surface area contributed by atoms with Crippen LogP contribution in [-0.2, 0) is 9.59 Å². The molecule has 0 aromatic heterocycles. The number of rotatable bonds is 3. The van der Waals surface area contributed by atoms with Crippen molar-refractivity contribution >= 4 is 29.4 Å². The fourth-order valence-corrected chi connectivity index (χ4v) is 2.41. The summed E-state index contributed by atoms with van der Waals surface area (Å²) < 4.78 is -1.02. The van der Waals surface area contributed by atoms with E-state index < -0.39 is 28.2 Å². The fraction of sp³-hybridized carbons (Fsp3) is 0.143. The Hall–Kier alpha value is -2.80. The van der Waals surface area contributed by atoms with Gasteiger partial charge in [-0.3, -0.25) is 0 Å². The Morgan fingerprint density at radius 1 is 1.05 bits per heavy atom. The zero-order valence-electron chi connectivity index (χ0n) is 11.3. The fourth-order valence-electron chi connectivity index (χ4n) is 2.41. The van der Waals surface area contributed by atoms with E-state index in [1.165, 1.54) is 32.2 Å². The highest BCUT2D eigenvalue weighted by Gasteiger charge is 2.51. The number of amides is 2. The second-order valence-electron chi connectivity index (χ2n) is 4.79. The molecule has 7 heteroatoms. The molecule has 1 unspecified atom stereocenters. The van der Waals surface area contributed by atoms with Gasteiger partial charge in [-0.05, 0) is 19.1 Å². The molecule has 108 valence electrons. The number of carbonyl (C=O) groups is 4. The summed E-state index contributed by atoms with van der Waals surface area (Å²) in [6, 6.07) is 3.59.